The Bertz CT molecular complexity index is 3360. The van der Waals surface area contributed by atoms with Gasteiger partial charge in [-0.2, -0.15) is 4.31 Å². The Hall–Kier alpha value is -4.02. The van der Waals surface area contributed by atoms with Gasteiger partial charge in [-0.05, 0) is 179 Å². The van der Waals surface area contributed by atoms with Crippen LogP contribution < -0.4 is 10.6 Å². The van der Waals surface area contributed by atoms with Crippen LogP contribution in [0.3, 0.4) is 0 Å². The van der Waals surface area contributed by atoms with Crippen molar-refractivity contribution in [2.45, 2.75) is 346 Å². The quantitative estimate of drug-likeness (QED) is 0.0267. The van der Waals surface area contributed by atoms with Crippen molar-refractivity contribution in [1.82, 2.24) is 10.6 Å². The van der Waals surface area contributed by atoms with Crippen LogP contribution in [0.25, 0.3) is 0 Å². The van der Waals surface area contributed by atoms with Crippen molar-refractivity contribution < 1.29 is 151 Å². The number of aliphatic hydroxyl groups is 13. The first-order chi connectivity index (χ1) is 53.7. The number of nitrogens with one attached hydrogen (secondary N) is 2. The van der Waals surface area contributed by atoms with Gasteiger partial charge in [0.1, 0.15) is 116 Å². The van der Waals surface area contributed by atoms with Gasteiger partial charge in [-0.1, -0.05) is 105 Å². The molecule has 0 bridgehead atoms. The molecule has 0 aromatic heterocycles. The third-order valence-corrected chi connectivity index (χ3v) is 23.1. The maximum atomic E-state index is 13.8. The van der Waals surface area contributed by atoms with Gasteiger partial charge in [-0.3, -0.25) is 18.6 Å². The van der Waals surface area contributed by atoms with Crippen molar-refractivity contribution in [2.75, 3.05) is 33.0 Å². The van der Waals surface area contributed by atoms with Gasteiger partial charge in [0.25, 0.3) is 0 Å². The van der Waals surface area contributed by atoms with E-state index in [0.29, 0.717) is 12.8 Å². The Morgan fingerprint density at radius 2 is 0.640 bits per heavy atom. The molecule has 35 heteroatoms. The van der Waals surface area contributed by atoms with E-state index in [9.17, 15) is 94.9 Å². The maximum Gasteiger partial charge on any atom is 0.483 e. The first kappa shape index (κ1) is 101. The fraction of sp³-hybridized carbons (Fsp3) is 0.747. The summed E-state index contributed by atoms with van der Waals surface area (Å²) >= 11 is 0. The molecule has 0 saturated carbocycles. The van der Waals surface area contributed by atoms with Gasteiger partial charge in [0.2, 0.25) is 11.8 Å². The number of hydrogen-bond donors (Lipinski definition) is 17. The van der Waals surface area contributed by atoms with Gasteiger partial charge in [0.05, 0.1) is 39.1 Å². The zero-order valence-corrected chi connectivity index (χ0v) is 69.9. The second-order valence-electron chi connectivity index (χ2n) is 30.8. The number of allylic oxidation sites excluding steroid dienone is 17. The molecule has 5 heterocycles. The molecule has 5 rings (SSSR count). The zero-order valence-electron chi connectivity index (χ0n) is 68.1. The van der Waals surface area contributed by atoms with Crippen LogP contribution in [0.15, 0.2) is 105 Å². The average Bonchev–Trinajstić information content (AvgIpc) is 0.889. The Balaban J connectivity index is 1.17. The first-order valence-electron chi connectivity index (χ1n) is 39.3. The van der Waals surface area contributed by atoms with E-state index in [1.807, 2.05) is 6.92 Å². The molecule has 654 valence electrons. The minimum Gasteiger partial charge on any atom is -0.394 e. The van der Waals surface area contributed by atoms with E-state index in [0.717, 1.165) is 109 Å². The highest BCUT2D eigenvalue weighted by atomic mass is 31.3. The largest absolute Gasteiger partial charge is 0.483 e. The number of rotatable bonds is 45. The molecule has 27 atom stereocenters. The topological polar surface area (TPSA) is 507 Å². The molecule has 5 fully saturated rings. The normalized spacial score (nSPS) is 34.5. The van der Waals surface area contributed by atoms with Gasteiger partial charge in [0.15, 0.2) is 31.5 Å². The summed E-state index contributed by atoms with van der Waals surface area (Å²) in [6.07, 6.45) is -10.4. The minimum absolute atomic E-state index is 0.520. The van der Waals surface area contributed by atoms with Crippen LogP contribution in [0.5, 0.6) is 0 Å². The summed E-state index contributed by atoms with van der Waals surface area (Å²) in [4.78, 5) is 48.0. The molecule has 2 amide bonds. The van der Waals surface area contributed by atoms with E-state index in [4.69, 9.17) is 51.7 Å². The Kier molecular flexibility index (Phi) is 43.8. The van der Waals surface area contributed by atoms with Gasteiger partial charge in [-0.15, -0.1) is 0 Å². The van der Waals surface area contributed by atoms with Crippen LogP contribution in [0.2, 0.25) is 0 Å². The summed E-state index contributed by atoms with van der Waals surface area (Å²) < 4.78 is 95.3. The van der Waals surface area contributed by atoms with Crippen molar-refractivity contribution >= 4 is 27.5 Å². The van der Waals surface area contributed by atoms with E-state index in [1.54, 1.807) is 6.92 Å². The molecule has 114 heavy (non-hydrogen) atoms. The van der Waals surface area contributed by atoms with Crippen LogP contribution in [0.1, 0.15) is 193 Å². The molecule has 0 radical (unpaired) electrons. The lowest BCUT2D eigenvalue weighted by atomic mass is 9.93. The predicted molar refractivity (Wildman–Crippen MR) is 417 cm³/mol. The number of carbonyl (C=O) groups excluding carboxylic acids is 2. The Labute approximate surface area is 670 Å². The number of ether oxygens (including phenoxy) is 9. The summed E-state index contributed by atoms with van der Waals surface area (Å²) in [6.45, 7) is 19.7. The van der Waals surface area contributed by atoms with E-state index < -0.39 is 214 Å². The van der Waals surface area contributed by atoms with Gasteiger partial charge >= 0.3 is 15.6 Å². The smallest absolute Gasteiger partial charge is 0.394 e. The molecule has 0 aliphatic carbocycles. The molecular formula is C79H132N2O31P2. The molecule has 0 aromatic rings. The molecule has 0 aromatic carbocycles. The van der Waals surface area contributed by atoms with Crippen LogP contribution in [-0.2, 0) is 74.7 Å². The number of phosphoric ester groups is 2. The fourth-order valence-electron chi connectivity index (χ4n) is 13.6. The predicted octanol–water partition coefficient (Wildman–Crippen LogP) is 5.43. The number of carbonyl (C=O) groups is 2. The SMILES string of the molecule is CC(=O)N[C@H]1[C@@H](OP(=O)(O)OP(=O)(O)OC/C=C(\C)CC/C=C(\C)CC/C=C(\C)CC/C=C(\C)CC/C=C(\C)CC/C=C(\C)CC/C=C(\C)CC/C=C(\C)CCC=C(C)C)O[C@H](CO)[C@H](O)[C@@H]1O[C@H]1O[C@H](CO)[C@H](O)[C@H](O[C@@H]2O[C@H](CO)[C@H](O)[C@H](O[C@H]3O[C@H](CO)[C@H](O)[C@H](O)[C@H]3O)[C@H]2O[C@@H]2O[C@@H](C)[C@@H](O)[C@@H](O)[C@@H]2O)[C@H]1NC(C)=O. The Morgan fingerprint density at radius 1 is 0.342 bits per heavy atom. The zero-order chi connectivity index (χ0) is 84.9. The van der Waals surface area contributed by atoms with Crippen molar-refractivity contribution in [3.63, 3.8) is 0 Å². The molecule has 17 N–H and O–H groups in total. The standard InChI is InChI=1S/C79H132N2O31P2/c1-44(2)22-14-23-45(3)24-15-25-46(4)26-16-27-47(5)28-17-29-48(6)30-18-31-49(7)32-19-33-50(8)34-20-35-51(9)36-21-37-52(10)38-39-101-113(97,98)112-114(99,100)111-76-61(81-55(13)87)72(65(91)58(42-84)104-76)107-75-60(80-54(12)86)71(64(90)57(41-83)103-75)108-79-74(110-77-69(95)67(93)62(88)53(11)102-77)73(66(92)59(43-85)106-79)109-78-70(96)68(94)63(89)56(40-82)105-78/h22,24,26,28,30,32,34,36,38,53,56-79,82-85,88-96H,14-21,23,25,27,29,31,33,35,37,39-43H2,1-13H3,(H,80,86)(H,81,87)(H,97,98)(H,99,100)/b45-24+,46-26+,47-28+,48-30+,49-32+,50-34+,51-36+,52-38+/t53-,56+,57+,58+,59+,60+,61+,62+,63-,64-,65-,66-,67+,68-,69-,70+,71+,72+,73-,74+,75+,76+,77-,78+,79-/m0/s1. The van der Waals surface area contributed by atoms with Crippen molar-refractivity contribution in [3.8, 4) is 0 Å². The third kappa shape index (κ3) is 32.8. The second-order valence-corrected chi connectivity index (χ2v) is 33.8. The summed E-state index contributed by atoms with van der Waals surface area (Å²) in [5.41, 5.74) is 11.8. The van der Waals surface area contributed by atoms with Crippen LogP contribution in [0.4, 0.5) is 0 Å². The van der Waals surface area contributed by atoms with E-state index in [-0.39, 0.29) is 0 Å². The van der Waals surface area contributed by atoms with Crippen molar-refractivity contribution in [1.29, 1.82) is 0 Å². The van der Waals surface area contributed by atoms with E-state index >= 15 is 0 Å². The lowest BCUT2D eigenvalue weighted by Crippen LogP contribution is -2.71. The highest BCUT2D eigenvalue weighted by Gasteiger charge is 2.59. The highest BCUT2D eigenvalue weighted by Crippen LogP contribution is 2.61. The number of hydrogen-bond acceptors (Lipinski definition) is 29. The van der Waals surface area contributed by atoms with Gasteiger partial charge in [0, 0.05) is 13.8 Å². The molecule has 5 saturated heterocycles. The fourth-order valence-corrected chi connectivity index (χ4v) is 15.7. The maximum absolute atomic E-state index is 13.8. The number of amides is 2. The molecule has 2 unspecified atom stereocenters. The summed E-state index contributed by atoms with van der Waals surface area (Å²) in [5.74, 6) is -1.92. The minimum atomic E-state index is -5.92. The van der Waals surface area contributed by atoms with E-state index in [2.05, 4.69) is 119 Å². The second kappa shape index (κ2) is 49.6. The molecule has 0 spiro atoms. The number of aliphatic hydroxyl groups excluding tert-OH is 13. The molecular weight excluding hydrogens is 1530 g/mol. The van der Waals surface area contributed by atoms with Crippen LogP contribution in [0, 0.1) is 0 Å². The van der Waals surface area contributed by atoms with Crippen LogP contribution in [-0.4, -0.2) is 274 Å². The summed E-state index contributed by atoms with van der Waals surface area (Å²) in [7, 11) is -11.4. The first-order valence-corrected chi connectivity index (χ1v) is 42.3. The average molecular weight is 1670 g/mol. The van der Waals surface area contributed by atoms with Crippen LogP contribution >= 0.6 is 15.6 Å². The third-order valence-electron chi connectivity index (χ3n) is 20.5. The Morgan fingerprint density at radius 3 is 1.03 bits per heavy atom. The lowest BCUT2D eigenvalue weighted by Gasteiger charge is -2.51. The summed E-state index contributed by atoms with van der Waals surface area (Å²) in [6, 6.07) is -3.99. The number of phosphoric acid groups is 2. The lowest BCUT2D eigenvalue weighted by molar-refractivity contribution is -0.402. The monoisotopic (exact) mass is 1670 g/mol. The van der Waals surface area contributed by atoms with Gasteiger partial charge < -0.3 is 129 Å². The van der Waals surface area contributed by atoms with Crippen molar-refractivity contribution in [3.05, 3.63) is 105 Å². The molecule has 5 aliphatic rings. The summed E-state index contributed by atoms with van der Waals surface area (Å²) in [5, 5.41) is 147. The highest BCUT2D eigenvalue weighted by molar-refractivity contribution is 7.61. The van der Waals surface area contributed by atoms with E-state index in [1.165, 1.54) is 57.6 Å². The van der Waals surface area contributed by atoms with Gasteiger partial charge in [-0.25, -0.2) is 9.13 Å². The van der Waals surface area contributed by atoms with Crippen molar-refractivity contribution in [2.24, 2.45) is 0 Å². The molecule has 5 aliphatic heterocycles. The molecule has 33 nitrogen and oxygen atoms in total.